The molecule has 0 spiro atoms. The number of nitrogens with zero attached hydrogens (tertiary/aromatic N) is 1. The number of urea groups is 1. The summed E-state index contributed by atoms with van der Waals surface area (Å²) >= 11 is 0. The zero-order valence-corrected chi connectivity index (χ0v) is 9.71. The number of carbonyl (C=O) groups is 3. The van der Waals surface area contributed by atoms with E-state index in [2.05, 4.69) is 5.32 Å². The van der Waals surface area contributed by atoms with Gasteiger partial charge in [0.2, 0.25) is 0 Å². The number of anilines is 1. The number of aliphatic carboxylic acids is 1. The van der Waals surface area contributed by atoms with Gasteiger partial charge < -0.3 is 10.4 Å². The molecule has 1 aromatic rings. The first-order chi connectivity index (χ1) is 8.50. The van der Waals surface area contributed by atoms with E-state index < -0.39 is 17.9 Å². The number of rotatable bonds is 3. The average Bonchev–Trinajstić information content (AvgIpc) is 2.68. The van der Waals surface area contributed by atoms with Gasteiger partial charge in [0, 0.05) is 0 Å². The minimum absolute atomic E-state index is 0.00782. The molecular weight excluding hydrogens is 236 g/mol. The number of imide groups is 1. The molecule has 1 aliphatic heterocycles. The monoisotopic (exact) mass is 248 g/mol. The molecule has 0 bridgehead atoms. The summed E-state index contributed by atoms with van der Waals surface area (Å²) in [6, 6.07) is 5.88. The van der Waals surface area contributed by atoms with Gasteiger partial charge in [-0.3, -0.25) is 9.59 Å². The molecule has 1 aliphatic rings. The molecule has 1 fully saturated rings. The Morgan fingerprint density at radius 1 is 1.33 bits per heavy atom. The summed E-state index contributed by atoms with van der Waals surface area (Å²) in [7, 11) is 0. The van der Waals surface area contributed by atoms with Gasteiger partial charge >= 0.3 is 12.0 Å². The first kappa shape index (κ1) is 12.1. The molecule has 1 aromatic carbocycles. The van der Waals surface area contributed by atoms with Gasteiger partial charge in [-0.25, -0.2) is 9.69 Å². The fourth-order valence-electron chi connectivity index (χ4n) is 1.74. The van der Waals surface area contributed by atoms with Crippen LogP contribution in [0.2, 0.25) is 0 Å². The third-order valence-electron chi connectivity index (χ3n) is 2.87. The van der Waals surface area contributed by atoms with Crippen molar-refractivity contribution in [3.8, 4) is 0 Å². The molecule has 2 N–H and O–H groups in total. The van der Waals surface area contributed by atoms with Crippen molar-refractivity contribution in [2.24, 2.45) is 0 Å². The Hall–Kier alpha value is -2.37. The Balaban J connectivity index is 2.25. The third kappa shape index (κ3) is 2.04. The Morgan fingerprint density at radius 3 is 2.39 bits per heavy atom. The predicted molar refractivity (Wildman–Crippen MR) is 63.4 cm³/mol. The van der Waals surface area contributed by atoms with Gasteiger partial charge in [-0.15, -0.1) is 0 Å². The second-order valence-corrected chi connectivity index (χ2v) is 4.04. The van der Waals surface area contributed by atoms with Gasteiger partial charge in [0.05, 0.1) is 18.2 Å². The van der Waals surface area contributed by atoms with Gasteiger partial charge in [-0.1, -0.05) is 12.1 Å². The fourth-order valence-corrected chi connectivity index (χ4v) is 1.74. The van der Waals surface area contributed by atoms with E-state index in [4.69, 9.17) is 5.11 Å². The molecule has 1 atom stereocenters. The molecule has 94 valence electrons. The van der Waals surface area contributed by atoms with Crippen LogP contribution in [0.4, 0.5) is 10.5 Å². The van der Waals surface area contributed by atoms with E-state index in [1.165, 1.54) is 0 Å². The number of carboxylic acid groups (broad SMARTS) is 1. The van der Waals surface area contributed by atoms with E-state index in [-0.39, 0.29) is 12.5 Å². The predicted octanol–water partition coefficient (Wildman–Crippen LogP) is 0.931. The molecule has 18 heavy (non-hydrogen) atoms. The van der Waals surface area contributed by atoms with E-state index >= 15 is 0 Å². The summed E-state index contributed by atoms with van der Waals surface area (Å²) in [5, 5.41) is 11.3. The first-order valence-electron chi connectivity index (χ1n) is 5.44. The van der Waals surface area contributed by atoms with Crippen LogP contribution in [0.15, 0.2) is 24.3 Å². The van der Waals surface area contributed by atoms with Crippen LogP contribution in [-0.4, -0.2) is 29.6 Å². The van der Waals surface area contributed by atoms with Crippen molar-refractivity contribution >= 4 is 23.6 Å². The summed E-state index contributed by atoms with van der Waals surface area (Å²) in [5.74, 6) is -1.86. The normalized spacial score (nSPS) is 16.6. The maximum absolute atomic E-state index is 11.5. The maximum Gasteiger partial charge on any atom is 0.329 e. The number of hydrogen-bond donors (Lipinski definition) is 2. The third-order valence-corrected chi connectivity index (χ3v) is 2.87. The lowest BCUT2D eigenvalue weighted by atomic mass is 10.0. The second kappa shape index (κ2) is 4.48. The van der Waals surface area contributed by atoms with E-state index in [9.17, 15) is 14.4 Å². The smallest absolute Gasteiger partial charge is 0.329 e. The lowest BCUT2D eigenvalue weighted by Gasteiger charge is -2.13. The molecule has 0 saturated carbocycles. The minimum Gasteiger partial charge on any atom is -0.481 e. The van der Waals surface area contributed by atoms with E-state index in [1.54, 1.807) is 31.2 Å². The number of carboxylic acids is 1. The standard InChI is InChI=1S/C12H12N2O4/c1-7(11(16)17)8-2-4-9(5-3-8)14-10(15)6-13-12(14)18/h2-5,7H,6H2,1H3,(H,13,18)(H,16,17). The zero-order chi connectivity index (χ0) is 13.3. The molecule has 6 heteroatoms. The molecule has 1 unspecified atom stereocenters. The number of nitrogens with one attached hydrogen (secondary N) is 1. The Labute approximate surface area is 103 Å². The van der Waals surface area contributed by atoms with Crippen LogP contribution in [0.1, 0.15) is 18.4 Å². The van der Waals surface area contributed by atoms with Crippen LogP contribution >= 0.6 is 0 Å². The highest BCUT2D eigenvalue weighted by Gasteiger charge is 2.29. The van der Waals surface area contributed by atoms with Crippen LogP contribution in [0.5, 0.6) is 0 Å². The minimum atomic E-state index is -0.919. The summed E-state index contributed by atoms with van der Waals surface area (Å²) in [6.45, 7) is 1.57. The fraction of sp³-hybridized carbons (Fsp3) is 0.250. The second-order valence-electron chi connectivity index (χ2n) is 4.04. The molecule has 6 nitrogen and oxygen atoms in total. The van der Waals surface area contributed by atoms with Gasteiger partial charge in [0.1, 0.15) is 0 Å². The highest BCUT2D eigenvalue weighted by molar-refractivity contribution is 6.19. The number of hydrogen-bond acceptors (Lipinski definition) is 3. The molecule has 0 radical (unpaired) electrons. The largest absolute Gasteiger partial charge is 0.481 e. The Bertz CT molecular complexity index is 493. The van der Waals surface area contributed by atoms with Gasteiger partial charge in [-0.05, 0) is 24.6 Å². The zero-order valence-electron chi connectivity index (χ0n) is 9.71. The van der Waals surface area contributed by atoms with Crippen molar-refractivity contribution in [3.63, 3.8) is 0 Å². The van der Waals surface area contributed by atoms with Crippen molar-refractivity contribution in [1.29, 1.82) is 0 Å². The number of amides is 3. The van der Waals surface area contributed by atoms with Crippen molar-refractivity contribution in [1.82, 2.24) is 5.32 Å². The van der Waals surface area contributed by atoms with Gasteiger partial charge in [0.15, 0.2) is 0 Å². The molecule has 3 amide bonds. The lowest BCUT2D eigenvalue weighted by molar-refractivity contribution is -0.138. The van der Waals surface area contributed by atoms with Crippen LogP contribution in [0.25, 0.3) is 0 Å². The molecular formula is C12H12N2O4. The Kier molecular flexibility index (Phi) is 3.01. The van der Waals surface area contributed by atoms with Crippen LogP contribution < -0.4 is 10.2 Å². The maximum atomic E-state index is 11.5. The average molecular weight is 248 g/mol. The van der Waals surface area contributed by atoms with E-state index in [0.717, 1.165) is 4.90 Å². The summed E-state index contributed by atoms with van der Waals surface area (Å²) in [6.07, 6.45) is 0. The quantitative estimate of drug-likeness (QED) is 0.779. The van der Waals surface area contributed by atoms with Crippen LogP contribution in [0, 0.1) is 0 Å². The van der Waals surface area contributed by atoms with Crippen molar-refractivity contribution in [3.05, 3.63) is 29.8 Å². The number of carbonyl (C=O) groups excluding carboxylic acids is 2. The SMILES string of the molecule is CC(C(=O)O)c1ccc(N2C(=O)CNC2=O)cc1. The van der Waals surface area contributed by atoms with E-state index in [1.807, 2.05) is 0 Å². The topological polar surface area (TPSA) is 86.7 Å². The van der Waals surface area contributed by atoms with Crippen molar-refractivity contribution in [2.45, 2.75) is 12.8 Å². The van der Waals surface area contributed by atoms with Gasteiger partial charge in [0.25, 0.3) is 5.91 Å². The van der Waals surface area contributed by atoms with Crippen LogP contribution in [-0.2, 0) is 9.59 Å². The Morgan fingerprint density at radius 2 is 1.94 bits per heavy atom. The molecule has 0 aromatic heterocycles. The molecule has 0 aliphatic carbocycles. The highest BCUT2D eigenvalue weighted by Crippen LogP contribution is 2.22. The summed E-state index contributed by atoms with van der Waals surface area (Å²) in [5.41, 5.74) is 1.06. The van der Waals surface area contributed by atoms with Crippen molar-refractivity contribution in [2.75, 3.05) is 11.4 Å². The summed E-state index contributed by atoms with van der Waals surface area (Å²) in [4.78, 5) is 34.7. The molecule has 2 rings (SSSR count). The summed E-state index contributed by atoms with van der Waals surface area (Å²) < 4.78 is 0. The van der Waals surface area contributed by atoms with Gasteiger partial charge in [-0.2, -0.15) is 0 Å². The lowest BCUT2D eigenvalue weighted by Crippen LogP contribution is -2.30. The highest BCUT2D eigenvalue weighted by atomic mass is 16.4. The van der Waals surface area contributed by atoms with Crippen LogP contribution in [0.3, 0.4) is 0 Å². The molecule has 1 saturated heterocycles. The number of benzene rings is 1. The van der Waals surface area contributed by atoms with Crippen molar-refractivity contribution < 1.29 is 19.5 Å². The molecule has 1 heterocycles. The first-order valence-corrected chi connectivity index (χ1v) is 5.44. The van der Waals surface area contributed by atoms with E-state index in [0.29, 0.717) is 11.3 Å².